The Morgan fingerprint density at radius 2 is 1.88 bits per heavy atom. The molecule has 0 amide bonds. The molecule has 4 nitrogen and oxygen atoms in total. The maximum Gasteiger partial charge on any atom is 0.191 e. The van der Waals surface area contributed by atoms with Crippen molar-refractivity contribution in [2.45, 2.75) is 38.6 Å². The number of piperidine rings is 1. The summed E-state index contributed by atoms with van der Waals surface area (Å²) < 4.78 is 0. The summed E-state index contributed by atoms with van der Waals surface area (Å²) in [5.74, 6) is 0.930. The van der Waals surface area contributed by atoms with E-state index in [0.717, 1.165) is 18.9 Å². The third-order valence-corrected chi connectivity index (χ3v) is 5.26. The van der Waals surface area contributed by atoms with Gasteiger partial charge >= 0.3 is 0 Å². The second-order valence-corrected chi connectivity index (χ2v) is 7.15. The molecule has 1 heterocycles. The summed E-state index contributed by atoms with van der Waals surface area (Å²) in [6, 6.07) is 15.7. The number of aliphatic imine (C=N–C) groups is 1. The second kappa shape index (κ2) is 9.58. The van der Waals surface area contributed by atoms with Crippen molar-refractivity contribution >= 4 is 16.7 Å². The van der Waals surface area contributed by atoms with E-state index in [1.54, 1.807) is 0 Å². The van der Waals surface area contributed by atoms with Gasteiger partial charge in [0.1, 0.15) is 0 Å². The van der Waals surface area contributed by atoms with E-state index in [4.69, 9.17) is 0 Å². The van der Waals surface area contributed by atoms with Crippen molar-refractivity contribution < 1.29 is 0 Å². The molecular weight excluding hydrogens is 320 g/mol. The van der Waals surface area contributed by atoms with Crippen LogP contribution in [0.3, 0.4) is 0 Å². The number of nitrogens with zero attached hydrogens (tertiary/aromatic N) is 2. The molecule has 2 aromatic rings. The minimum atomic E-state index is 0.534. The van der Waals surface area contributed by atoms with Gasteiger partial charge < -0.3 is 15.5 Å². The van der Waals surface area contributed by atoms with Crippen molar-refractivity contribution in [3.05, 3.63) is 48.0 Å². The lowest BCUT2D eigenvalue weighted by Gasteiger charge is -2.32. The summed E-state index contributed by atoms with van der Waals surface area (Å²) in [6.45, 7) is 6.76. The number of likely N-dealkylation sites (tertiary alicyclic amines) is 1. The number of guanidine groups is 1. The number of nitrogens with one attached hydrogen (secondary N) is 2. The van der Waals surface area contributed by atoms with Crippen molar-refractivity contribution in [3.8, 4) is 0 Å². The van der Waals surface area contributed by atoms with Gasteiger partial charge in [-0.3, -0.25) is 4.99 Å². The van der Waals surface area contributed by atoms with E-state index in [1.807, 2.05) is 7.05 Å². The average molecular weight is 353 g/mol. The van der Waals surface area contributed by atoms with Gasteiger partial charge in [0, 0.05) is 32.7 Å². The van der Waals surface area contributed by atoms with Crippen molar-refractivity contribution in [1.82, 2.24) is 15.5 Å². The van der Waals surface area contributed by atoms with Crippen LogP contribution >= 0.6 is 0 Å². The third kappa shape index (κ3) is 4.98. The highest BCUT2D eigenvalue weighted by atomic mass is 15.2. The standard InChI is InChI=1S/C22H32N4/c1-3-15-26-16-12-20(13-17-26)25-22(23-2)24-14-11-19-9-6-8-18-7-4-5-10-21(18)19/h4-10,20H,3,11-17H2,1-2H3,(H2,23,24,25). The molecule has 1 saturated heterocycles. The van der Waals surface area contributed by atoms with E-state index in [9.17, 15) is 0 Å². The first kappa shape index (κ1) is 18.7. The average Bonchev–Trinajstić information content (AvgIpc) is 2.69. The van der Waals surface area contributed by atoms with Gasteiger partial charge in [-0.2, -0.15) is 0 Å². The van der Waals surface area contributed by atoms with E-state index in [-0.39, 0.29) is 0 Å². The molecule has 1 aliphatic heterocycles. The van der Waals surface area contributed by atoms with Crippen LogP contribution in [0.4, 0.5) is 0 Å². The van der Waals surface area contributed by atoms with Crippen molar-refractivity contribution in [1.29, 1.82) is 0 Å². The fraction of sp³-hybridized carbons (Fsp3) is 0.500. The molecule has 4 heteroatoms. The lowest BCUT2D eigenvalue weighted by molar-refractivity contribution is 0.206. The first-order chi connectivity index (χ1) is 12.8. The lowest BCUT2D eigenvalue weighted by atomic mass is 10.0. The summed E-state index contributed by atoms with van der Waals surface area (Å²) in [5, 5.41) is 9.76. The largest absolute Gasteiger partial charge is 0.356 e. The SMILES string of the molecule is CCCN1CCC(NC(=NC)NCCc2cccc3ccccc23)CC1. The van der Waals surface area contributed by atoms with Crippen molar-refractivity contribution in [2.24, 2.45) is 4.99 Å². The van der Waals surface area contributed by atoms with E-state index >= 15 is 0 Å². The predicted molar refractivity (Wildman–Crippen MR) is 112 cm³/mol. The van der Waals surface area contributed by atoms with Gasteiger partial charge in [-0.1, -0.05) is 49.4 Å². The summed E-state index contributed by atoms with van der Waals surface area (Å²) in [6.07, 6.45) is 4.64. The zero-order valence-electron chi connectivity index (χ0n) is 16.2. The van der Waals surface area contributed by atoms with Crippen molar-refractivity contribution in [3.63, 3.8) is 0 Å². The van der Waals surface area contributed by atoms with Crippen LogP contribution in [0.1, 0.15) is 31.7 Å². The Balaban J connectivity index is 1.47. The highest BCUT2D eigenvalue weighted by molar-refractivity contribution is 5.85. The van der Waals surface area contributed by atoms with Crippen LogP contribution in [-0.2, 0) is 6.42 Å². The normalized spacial score (nSPS) is 16.8. The Morgan fingerprint density at radius 3 is 2.65 bits per heavy atom. The van der Waals surface area contributed by atoms with Crippen molar-refractivity contribution in [2.75, 3.05) is 33.2 Å². The second-order valence-electron chi connectivity index (χ2n) is 7.15. The molecule has 2 aromatic carbocycles. The molecule has 1 aliphatic rings. The van der Waals surface area contributed by atoms with E-state index in [2.05, 4.69) is 69.9 Å². The fourth-order valence-corrected chi connectivity index (χ4v) is 3.83. The van der Waals surface area contributed by atoms with Crippen LogP contribution in [0, 0.1) is 0 Å². The predicted octanol–water partition coefficient (Wildman–Crippen LogP) is 3.42. The van der Waals surface area contributed by atoms with Gasteiger partial charge in [0.05, 0.1) is 0 Å². The quantitative estimate of drug-likeness (QED) is 0.618. The van der Waals surface area contributed by atoms with Crippen LogP contribution in [0.15, 0.2) is 47.5 Å². The van der Waals surface area contributed by atoms with Gasteiger partial charge in [-0.15, -0.1) is 0 Å². The molecule has 26 heavy (non-hydrogen) atoms. The molecular formula is C22H32N4. The summed E-state index contributed by atoms with van der Waals surface area (Å²) in [4.78, 5) is 6.98. The molecule has 0 aromatic heterocycles. The Kier molecular flexibility index (Phi) is 6.89. The third-order valence-electron chi connectivity index (χ3n) is 5.26. The minimum absolute atomic E-state index is 0.534. The van der Waals surface area contributed by atoms with Crippen LogP contribution in [-0.4, -0.2) is 50.1 Å². The zero-order valence-corrected chi connectivity index (χ0v) is 16.2. The van der Waals surface area contributed by atoms with E-state index < -0.39 is 0 Å². The molecule has 2 N–H and O–H groups in total. The molecule has 0 atom stereocenters. The summed E-state index contributed by atoms with van der Waals surface area (Å²) in [5.41, 5.74) is 1.39. The maximum absolute atomic E-state index is 4.41. The number of benzene rings is 2. The number of hydrogen-bond acceptors (Lipinski definition) is 2. The number of hydrogen-bond donors (Lipinski definition) is 2. The van der Waals surface area contributed by atoms with Crippen LogP contribution in [0.2, 0.25) is 0 Å². The van der Waals surface area contributed by atoms with Gasteiger partial charge in [0.25, 0.3) is 0 Å². The number of fused-ring (bicyclic) bond motifs is 1. The first-order valence-electron chi connectivity index (χ1n) is 9.96. The molecule has 0 radical (unpaired) electrons. The molecule has 0 unspecified atom stereocenters. The van der Waals surface area contributed by atoms with Crippen LogP contribution in [0.25, 0.3) is 10.8 Å². The topological polar surface area (TPSA) is 39.7 Å². The molecule has 0 bridgehead atoms. The van der Waals surface area contributed by atoms with E-state index in [1.165, 1.54) is 55.2 Å². The summed E-state index contributed by atoms with van der Waals surface area (Å²) in [7, 11) is 1.86. The molecule has 1 fully saturated rings. The number of rotatable bonds is 6. The van der Waals surface area contributed by atoms with Gasteiger partial charge in [-0.05, 0) is 48.6 Å². The summed E-state index contributed by atoms with van der Waals surface area (Å²) >= 11 is 0. The Labute approximate surface area is 157 Å². The monoisotopic (exact) mass is 352 g/mol. The zero-order chi connectivity index (χ0) is 18.2. The van der Waals surface area contributed by atoms with Gasteiger partial charge in [-0.25, -0.2) is 0 Å². The maximum atomic E-state index is 4.41. The molecule has 0 aliphatic carbocycles. The lowest BCUT2D eigenvalue weighted by Crippen LogP contribution is -2.49. The molecule has 0 saturated carbocycles. The van der Waals surface area contributed by atoms with Gasteiger partial charge in [0.2, 0.25) is 0 Å². The highest BCUT2D eigenvalue weighted by Gasteiger charge is 2.19. The fourth-order valence-electron chi connectivity index (χ4n) is 3.83. The molecule has 0 spiro atoms. The Morgan fingerprint density at radius 1 is 1.12 bits per heavy atom. The first-order valence-corrected chi connectivity index (χ1v) is 9.96. The highest BCUT2D eigenvalue weighted by Crippen LogP contribution is 2.18. The Bertz CT molecular complexity index is 712. The van der Waals surface area contributed by atoms with E-state index in [0.29, 0.717) is 6.04 Å². The molecule has 140 valence electrons. The Hall–Kier alpha value is -2.07. The smallest absolute Gasteiger partial charge is 0.191 e. The van der Waals surface area contributed by atoms with Crippen LogP contribution in [0.5, 0.6) is 0 Å². The molecule has 3 rings (SSSR count). The van der Waals surface area contributed by atoms with Crippen LogP contribution < -0.4 is 10.6 Å². The minimum Gasteiger partial charge on any atom is -0.356 e. The van der Waals surface area contributed by atoms with Gasteiger partial charge in [0.15, 0.2) is 5.96 Å².